The Morgan fingerprint density at radius 2 is 2.10 bits per heavy atom. The molecule has 0 saturated carbocycles. The van der Waals surface area contributed by atoms with Gasteiger partial charge in [0.2, 0.25) is 5.91 Å². The molecule has 21 heavy (non-hydrogen) atoms. The van der Waals surface area contributed by atoms with Crippen molar-refractivity contribution in [1.82, 2.24) is 9.78 Å². The molecule has 1 aromatic carbocycles. The van der Waals surface area contributed by atoms with Crippen LogP contribution >= 0.6 is 0 Å². The summed E-state index contributed by atoms with van der Waals surface area (Å²) < 4.78 is 1.29. The topological polar surface area (TPSA) is 64.0 Å². The van der Waals surface area contributed by atoms with Crippen LogP contribution < -0.4 is 10.9 Å². The molecule has 0 fully saturated rings. The summed E-state index contributed by atoms with van der Waals surface area (Å²) in [6.07, 6.45) is 2.40. The van der Waals surface area contributed by atoms with E-state index in [0.717, 1.165) is 24.1 Å². The van der Waals surface area contributed by atoms with Crippen molar-refractivity contribution in [3.8, 4) is 11.3 Å². The van der Waals surface area contributed by atoms with Gasteiger partial charge in [0.15, 0.2) is 0 Å². The molecule has 1 amide bonds. The van der Waals surface area contributed by atoms with Gasteiger partial charge in [-0.3, -0.25) is 9.59 Å². The van der Waals surface area contributed by atoms with Crippen molar-refractivity contribution >= 4 is 11.6 Å². The van der Waals surface area contributed by atoms with E-state index in [2.05, 4.69) is 17.3 Å². The number of nitrogens with zero attached hydrogens (tertiary/aromatic N) is 2. The Hall–Kier alpha value is -2.43. The molecular formula is C16H19N3O2. The van der Waals surface area contributed by atoms with Gasteiger partial charge in [0.25, 0.3) is 5.56 Å². The Balaban J connectivity index is 2.19. The molecule has 0 unspecified atom stereocenters. The first-order valence-electron chi connectivity index (χ1n) is 7.05. The molecule has 0 aliphatic rings. The molecule has 0 atom stereocenters. The number of aryl methyl sites for hydroxylation is 1. The average Bonchev–Trinajstić information content (AvgIpc) is 2.48. The number of hydrogen-bond acceptors (Lipinski definition) is 3. The van der Waals surface area contributed by atoms with E-state index in [4.69, 9.17) is 0 Å². The van der Waals surface area contributed by atoms with Gasteiger partial charge in [0.1, 0.15) is 0 Å². The molecule has 0 saturated heterocycles. The standard InChI is InChI=1S/C16H19N3O2/c1-3-4-8-15(20)17-13-7-5-6-12(11-13)14-9-10-16(21)19(2)18-14/h5-7,9-11H,3-4,8H2,1-2H3,(H,17,20). The first-order chi connectivity index (χ1) is 10.1. The molecule has 0 aliphatic carbocycles. The lowest BCUT2D eigenvalue weighted by atomic mass is 10.1. The summed E-state index contributed by atoms with van der Waals surface area (Å²) in [6, 6.07) is 10.6. The minimum absolute atomic E-state index is 0.0161. The summed E-state index contributed by atoms with van der Waals surface area (Å²) in [5, 5.41) is 7.08. The Labute approximate surface area is 123 Å². The molecule has 0 aliphatic heterocycles. The van der Waals surface area contributed by atoms with E-state index in [9.17, 15) is 9.59 Å². The zero-order chi connectivity index (χ0) is 15.2. The quantitative estimate of drug-likeness (QED) is 0.918. The van der Waals surface area contributed by atoms with Gasteiger partial charge in [0, 0.05) is 30.8 Å². The molecular weight excluding hydrogens is 266 g/mol. The lowest BCUT2D eigenvalue weighted by Crippen LogP contribution is -2.18. The summed E-state index contributed by atoms with van der Waals surface area (Å²) >= 11 is 0. The first kappa shape index (κ1) is 15.0. The van der Waals surface area contributed by atoms with Gasteiger partial charge in [-0.25, -0.2) is 4.68 Å². The Morgan fingerprint density at radius 3 is 2.81 bits per heavy atom. The Kier molecular flexibility index (Phi) is 4.87. The average molecular weight is 285 g/mol. The number of amides is 1. The van der Waals surface area contributed by atoms with Crippen LogP contribution in [0.1, 0.15) is 26.2 Å². The van der Waals surface area contributed by atoms with Crippen LogP contribution in [0.15, 0.2) is 41.2 Å². The molecule has 0 bridgehead atoms. The highest BCUT2D eigenvalue weighted by atomic mass is 16.1. The van der Waals surface area contributed by atoms with Crippen LogP contribution in [-0.2, 0) is 11.8 Å². The van der Waals surface area contributed by atoms with Crippen LogP contribution in [0, 0.1) is 0 Å². The van der Waals surface area contributed by atoms with Crippen molar-refractivity contribution < 1.29 is 4.79 Å². The Bertz CT molecular complexity index is 692. The second-order valence-electron chi connectivity index (χ2n) is 4.91. The molecule has 1 heterocycles. The van der Waals surface area contributed by atoms with E-state index < -0.39 is 0 Å². The van der Waals surface area contributed by atoms with Crippen LogP contribution in [-0.4, -0.2) is 15.7 Å². The van der Waals surface area contributed by atoms with Crippen LogP contribution in [0.4, 0.5) is 5.69 Å². The molecule has 5 nitrogen and oxygen atoms in total. The maximum absolute atomic E-state index is 11.7. The number of carbonyl (C=O) groups excluding carboxylic acids is 1. The third kappa shape index (κ3) is 4.02. The summed E-state index contributed by atoms with van der Waals surface area (Å²) in [7, 11) is 1.61. The third-order valence-electron chi connectivity index (χ3n) is 3.16. The zero-order valence-electron chi connectivity index (χ0n) is 12.3. The fourth-order valence-corrected chi connectivity index (χ4v) is 1.97. The zero-order valence-corrected chi connectivity index (χ0v) is 12.3. The molecule has 1 N–H and O–H groups in total. The molecule has 110 valence electrons. The molecule has 1 aromatic heterocycles. The number of rotatable bonds is 5. The third-order valence-corrected chi connectivity index (χ3v) is 3.16. The predicted molar refractivity (Wildman–Crippen MR) is 83.1 cm³/mol. The van der Waals surface area contributed by atoms with Gasteiger partial charge in [-0.2, -0.15) is 5.10 Å². The van der Waals surface area contributed by atoms with Crippen molar-refractivity contribution in [2.45, 2.75) is 26.2 Å². The van der Waals surface area contributed by atoms with Gasteiger partial charge in [-0.15, -0.1) is 0 Å². The number of unbranched alkanes of at least 4 members (excludes halogenated alkanes) is 1. The normalized spacial score (nSPS) is 10.4. The summed E-state index contributed by atoms with van der Waals surface area (Å²) in [5.74, 6) is 0.0161. The van der Waals surface area contributed by atoms with E-state index in [1.165, 1.54) is 10.7 Å². The molecule has 2 aromatic rings. The minimum atomic E-state index is -0.150. The van der Waals surface area contributed by atoms with Crippen molar-refractivity contribution in [3.05, 3.63) is 46.8 Å². The van der Waals surface area contributed by atoms with Gasteiger partial charge < -0.3 is 5.32 Å². The van der Waals surface area contributed by atoms with Crippen LogP contribution in [0.5, 0.6) is 0 Å². The lowest BCUT2D eigenvalue weighted by molar-refractivity contribution is -0.116. The monoisotopic (exact) mass is 285 g/mol. The predicted octanol–water partition coefficient (Wildman–Crippen LogP) is 2.58. The number of carbonyl (C=O) groups is 1. The minimum Gasteiger partial charge on any atom is -0.326 e. The van der Waals surface area contributed by atoms with Crippen LogP contribution in [0.25, 0.3) is 11.3 Å². The van der Waals surface area contributed by atoms with Crippen LogP contribution in [0.3, 0.4) is 0 Å². The van der Waals surface area contributed by atoms with Gasteiger partial charge in [-0.1, -0.05) is 25.5 Å². The van der Waals surface area contributed by atoms with E-state index in [-0.39, 0.29) is 11.5 Å². The van der Waals surface area contributed by atoms with Crippen molar-refractivity contribution in [1.29, 1.82) is 0 Å². The smallest absolute Gasteiger partial charge is 0.266 e. The summed E-state index contributed by atoms with van der Waals surface area (Å²) in [4.78, 5) is 23.1. The Morgan fingerprint density at radius 1 is 1.29 bits per heavy atom. The van der Waals surface area contributed by atoms with E-state index in [1.807, 2.05) is 24.3 Å². The largest absolute Gasteiger partial charge is 0.326 e. The maximum Gasteiger partial charge on any atom is 0.266 e. The first-order valence-corrected chi connectivity index (χ1v) is 7.05. The second kappa shape index (κ2) is 6.83. The number of benzene rings is 1. The number of anilines is 1. The fourth-order valence-electron chi connectivity index (χ4n) is 1.97. The molecule has 2 rings (SSSR count). The highest BCUT2D eigenvalue weighted by Gasteiger charge is 2.05. The van der Waals surface area contributed by atoms with Crippen LogP contribution in [0.2, 0.25) is 0 Å². The number of hydrogen-bond donors (Lipinski definition) is 1. The fraction of sp³-hybridized carbons (Fsp3) is 0.312. The van der Waals surface area contributed by atoms with Crippen molar-refractivity contribution in [3.63, 3.8) is 0 Å². The van der Waals surface area contributed by atoms with Crippen molar-refractivity contribution in [2.24, 2.45) is 7.05 Å². The van der Waals surface area contributed by atoms with Gasteiger partial charge in [-0.05, 0) is 24.6 Å². The molecule has 5 heteroatoms. The van der Waals surface area contributed by atoms with E-state index in [1.54, 1.807) is 13.1 Å². The van der Waals surface area contributed by atoms with E-state index >= 15 is 0 Å². The summed E-state index contributed by atoms with van der Waals surface area (Å²) in [6.45, 7) is 2.05. The van der Waals surface area contributed by atoms with Gasteiger partial charge >= 0.3 is 0 Å². The highest BCUT2D eigenvalue weighted by molar-refractivity contribution is 5.91. The molecule has 0 spiro atoms. The number of aromatic nitrogens is 2. The molecule has 0 radical (unpaired) electrons. The SMILES string of the molecule is CCCCC(=O)Nc1cccc(-c2ccc(=O)n(C)n2)c1. The summed E-state index contributed by atoms with van der Waals surface area (Å²) in [5.41, 5.74) is 2.15. The lowest BCUT2D eigenvalue weighted by Gasteiger charge is -2.07. The maximum atomic E-state index is 11.7. The number of nitrogens with one attached hydrogen (secondary N) is 1. The highest BCUT2D eigenvalue weighted by Crippen LogP contribution is 2.20. The van der Waals surface area contributed by atoms with Crippen molar-refractivity contribution in [2.75, 3.05) is 5.32 Å². The van der Waals surface area contributed by atoms with Gasteiger partial charge in [0.05, 0.1) is 5.69 Å². The second-order valence-corrected chi connectivity index (χ2v) is 4.91. The van der Waals surface area contributed by atoms with E-state index in [0.29, 0.717) is 12.1 Å².